The van der Waals surface area contributed by atoms with Crippen molar-refractivity contribution in [1.82, 2.24) is 4.90 Å². The van der Waals surface area contributed by atoms with Crippen LogP contribution in [-0.4, -0.2) is 30.7 Å². The van der Waals surface area contributed by atoms with Crippen molar-refractivity contribution < 1.29 is 17.6 Å². The third-order valence-corrected chi connectivity index (χ3v) is 6.55. The summed E-state index contributed by atoms with van der Waals surface area (Å²) in [7, 11) is 0. The summed E-state index contributed by atoms with van der Waals surface area (Å²) in [4.78, 5) is 1.90. The van der Waals surface area contributed by atoms with E-state index >= 15 is 0 Å². The van der Waals surface area contributed by atoms with E-state index in [0.29, 0.717) is 6.54 Å². The molecule has 3 aromatic rings. The number of halogens is 3. The van der Waals surface area contributed by atoms with Crippen LogP contribution in [0.15, 0.2) is 76.7 Å². The Balaban J connectivity index is 1.26. The smallest absolute Gasteiger partial charge is 0.394 e. The zero-order valence-electron chi connectivity index (χ0n) is 18.0. The van der Waals surface area contributed by atoms with E-state index in [2.05, 4.69) is 61.5 Å². The molecule has 5 heteroatoms. The molecule has 1 unspecified atom stereocenters. The Morgan fingerprint density at radius 2 is 1.78 bits per heavy atom. The summed E-state index contributed by atoms with van der Waals surface area (Å²) in [6.45, 7) is 2.98. The molecule has 1 atom stereocenters. The molecule has 0 amide bonds. The molecule has 0 N–H and O–H groups in total. The minimum absolute atomic E-state index is 0.123. The van der Waals surface area contributed by atoms with Crippen molar-refractivity contribution in [2.45, 2.75) is 25.9 Å². The largest absolute Gasteiger partial charge is 0.456 e. The molecule has 32 heavy (non-hydrogen) atoms. The highest BCUT2D eigenvalue weighted by atomic mass is 19.4. The quantitative estimate of drug-likeness (QED) is 0.433. The fourth-order valence-electron chi connectivity index (χ4n) is 4.79. The predicted octanol–water partition coefficient (Wildman–Crippen LogP) is 6.87. The fourth-order valence-corrected chi connectivity index (χ4v) is 4.79. The minimum atomic E-state index is -4.07. The zero-order chi connectivity index (χ0) is 22.3. The van der Waals surface area contributed by atoms with Crippen LogP contribution in [0.1, 0.15) is 30.2 Å². The fraction of sp³-hybridized carbons (Fsp3) is 0.333. The molecule has 1 aliphatic heterocycles. The lowest BCUT2D eigenvalue weighted by molar-refractivity contribution is -0.209. The Kier molecular flexibility index (Phi) is 5.46. The molecule has 0 radical (unpaired) electrons. The molecular weight excluding hydrogens is 411 g/mol. The van der Waals surface area contributed by atoms with Crippen molar-refractivity contribution in [1.29, 1.82) is 0 Å². The van der Waals surface area contributed by atoms with Crippen molar-refractivity contribution >= 4 is 16.5 Å². The number of likely N-dealkylation sites (tertiary alicyclic amines) is 1. The van der Waals surface area contributed by atoms with Crippen LogP contribution < -0.4 is 0 Å². The molecule has 5 rings (SSSR count). The van der Waals surface area contributed by atoms with Gasteiger partial charge >= 0.3 is 6.18 Å². The summed E-state index contributed by atoms with van der Waals surface area (Å²) < 4.78 is 44.3. The number of fused-ring (bicyclic) bond motifs is 1. The summed E-state index contributed by atoms with van der Waals surface area (Å²) in [5, 5.41) is 1.09. The molecule has 0 spiro atoms. The molecule has 0 saturated carbocycles. The topological polar surface area (TPSA) is 16.4 Å². The zero-order valence-corrected chi connectivity index (χ0v) is 18.0. The van der Waals surface area contributed by atoms with E-state index in [1.54, 1.807) is 0 Å². The Hall–Kier alpha value is -2.79. The highest BCUT2D eigenvalue weighted by Gasteiger charge is 2.47. The first-order chi connectivity index (χ1) is 15.3. The number of alkyl halides is 3. The lowest BCUT2D eigenvalue weighted by atomic mass is 9.88. The van der Waals surface area contributed by atoms with Crippen molar-refractivity contribution in [3.8, 4) is 0 Å². The van der Waals surface area contributed by atoms with Crippen molar-refractivity contribution in [2.24, 2.45) is 11.8 Å². The van der Waals surface area contributed by atoms with Crippen LogP contribution >= 0.6 is 0 Å². The average Bonchev–Trinajstić information content (AvgIpc) is 3.13. The number of rotatable bonds is 5. The third kappa shape index (κ3) is 4.40. The van der Waals surface area contributed by atoms with Gasteiger partial charge in [-0.05, 0) is 60.6 Å². The molecule has 2 nitrogen and oxygen atoms in total. The third-order valence-electron chi connectivity index (χ3n) is 6.55. The van der Waals surface area contributed by atoms with E-state index < -0.39 is 12.1 Å². The van der Waals surface area contributed by atoms with Crippen LogP contribution in [0.25, 0.3) is 16.5 Å². The van der Waals surface area contributed by atoms with Gasteiger partial charge in [-0.3, -0.25) is 0 Å². The van der Waals surface area contributed by atoms with Gasteiger partial charge in [0, 0.05) is 30.6 Å². The summed E-state index contributed by atoms with van der Waals surface area (Å²) in [6.07, 6.45) is 1.99. The van der Waals surface area contributed by atoms with Gasteiger partial charge in [0.15, 0.2) is 0 Å². The number of furan rings is 1. The van der Waals surface area contributed by atoms with Gasteiger partial charge in [0.05, 0.1) is 5.92 Å². The summed E-state index contributed by atoms with van der Waals surface area (Å²) in [6, 6.07) is 18.8. The summed E-state index contributed by atoms with van der Waals surface area (Å²) in [5.74, 6) is -0.0652. The number of allylic oxidation sites excluding steroid dienone is 3. The lowest BCUT2D eigenvalue weighted by Crippen LogP contribution is -2.54. The van der Waals surface area contributed by atoms with Crippen LogP contribution in [0.4, 0.5) is 13.2 Å². The molecule has 1 aromatic heterocycles. The predicted molar refractivity (Wildman–Crippen MR) is 121 cm³/mol. The monoisotopic (exact) mass is 437 g/mol. The van der Waals surface area contributed by atoms with Gasteiger partial charge in [-0.25, -0.2) is 0 Å². The maximum Gasteiger partial charge on any atom is 0.394 e. The Labute approximate surface area is 186 Å². The second-order valence-electron chi connectivity index (χ2n) is 9.07. The van der Waals surface area contributed by atoms with Gasteiger partial charge in [0.25, 0.3) is 0 Å². The summed E-state index contributed by atoms with van der Waals surface area (Å²) in [5.41, 5.74) is 5.59. The van der Waals surface area contributed by atoms with Crippen LogP contribution in [0.5, 0.6) is 0 Å². The van der Waals surface area contributed by atoms with E-state index in [-0.39, 0.29) is 19.0 Å². The molecule has 2 heterocycles. The van der Waals surface area contributed by atoms with Gasteiger partial charge in [-0.15, -0.1) is 0 Å². The number of nitrogens with zero attached hydrogens (tertiary/aromatic N) is 1. The lowest BCUT2D eigenvalue weighted by Gasteiger charge is -2.41. The van der Waals surface area contributed by atoms with E-state index in [4.69, 9.17) is 4.42 Å². The average molecular weight is 438 g/mol. The number of benzene rings is 2. The van der Waals surface area contributed by atoms with Crippen LogP contribution in [0, 0.1) is 11.8 Å². The van der Waals surface area contributed by atoms with Crippen LogP contribution in [0.3, 0.4) is 0 Å². The van der Waals surface area contributed by atoms with Crippen LogP contribution in [0.2, 0.25) is 0 Å². The highest BCUT2D eigenvalue weighted by Crippen LogP contribution is 2.37. The summed E-state index contributed by atoms with van der Waals surface area (Å²) >= 11 is 0. The van der Waals surface area contributed by atoms with E-state index in [0.717, 1.165) is 40.7 Å². The second kappa shape index (κ2) is 8.28. The van der Waals surface area contributed by atoms with Crippen LogP contribution in [-0.2, 0) is 6.42 Å². The molecule has 2 aliphatic rings. The molecule has 0 bridgehead atoms. The first kappa shape index (κ1) is 21.1. The molecule has 166 valence electrons. The minimum Gasteiger partial charge on any atom is -0.456 e. The molecule has 2 aromatic carbocycles. The van der Waals surface area contributed by atoms with Gasteiger partial charge in [-0.1, -0.05) is 48.6 Å². The second-order valence-corrected chi connectivity index (χ2v) is 9.07. The van der Waals surface area contributed by atoms with Crippen molar-refractivity contribution in [3.05, 3.63) is 89.2 Å². The number of hydrogen-bond acceptors (Lipinski definition) is 2. The maximum atomic E-state index is 12.7. The van der Waals surface area contributed by atoms with E-state index in [1.165, 1.54) is 11.1 Å². The van der Waals surface area contributed by atoms with Gasteiger partial charge in [0.2, 0.25) is 0 Å². The first-order valence-electron chi connectivity index (χ1n) is 11.1. The highest BCUT2D eigenvalue weighted by molar-refractivity contribution is 5.86. The Morgan fingerprint density at radius 1 is 1.00 bits per heavy atom. The first-order valence-corrected chi connectivity index (χ1v) is 11.1. The standard InChI is InChI=1S/C27H26F3NO/c1-18-11-21(15-31-16-23(17-31)27(28,29)30)7-9-24(18)26-14-22-13-20(8-10-25(22)32-26)12-19-5-3-2-4-6-19/h2-6,8-11,13-14,21,23H,7,12,15-17H2,1H3. The van der Waals surface area contributed by atoms with Gasteiger partial charge in [-0.2, -0.15) is 13.2 Å². The Bertz CT molecular complexity index is 1170. The van der Waals surface area contributed by atoms with E-state index in [9.17, 15) is 13.2 Å². The van der Waals surface area contributed by atoms with Crippen molar-refractivity contribution in [2.75, 3.05) is 19.6 Å². The van der Waals surface area contributed by atoms with Gasteiger partial charge < -0.3 is 9.32 Å². The normalized spacial score (nSPS) is 20.2. The maximum absolute atomic E-state index is 12.7. The SMILES string of the molecule is CC1=CC(CN2CC(C(F)(F)F)C2)CC=C1c1cc2cc(Cc3ccccc3)ccc2o1. The number of hydrogen-bond donors (Lipinski definition) is 0. The molecule has 1 fully saturated rings. The molecule has 1 aliphatic carbocycles. The molecule has 1 saturated heterocycles. The van der Waals surface area contributed by atoms with E-state index in [1.807, 2.05) is 17.0 Å². The van der Waals surface area contributed by atoms with Crippen molar-refractivity contribution in [3.63, 3.8) is 0 Å². The Morgan fingerprint density at radius 3 is 2.50 bits per heavy atom. The van der Waals surface area contributed by atoms with Gasteiger partial charge in [0.1, 0.15) is 11.3 Å². The molecular formula is C27H26F3NO.